The number of guanidine groups is 1. The van der Waals surface area contributed by atoms with Crippen molar-refractivity contribution in [1.29, 1.82) is 0 Å². The Morgan fingerprint density at radius 1 is 1.41 bits per heavy atom. The lowest BCUT2D eigenvalue weighted by Gasteiger charge is -2.35. The van der Waals surface area contributed by atoms with Gasteiger partial charge in [-0.1, -0.05) is 5.16 Å². The van der Waals surface area contributed by atoms with Gasteiger partial charge in [-0.15, -0.1) is 35.3 Å². The van der Waals surface area contributed by atoms with E-state index in [1.165, 1.54) is 0 Å². The predicted molar refractivity (Wildman–Crippen MR) is 95.7 cm³/mol. The number of hydrogen-bond acceptors (Lipinski definition) is 7. The maximum atomic E-state index is 6.02. The van der Waals surface area contributed by atoms with Gasteiger partial charge in [0.05, 0.1) is 0 Å². The minimum absolute atomic E-state index is 0. The Morgan fingerprint density at radius 3 is 2.77 bits per heavy atom. The van der Waals surface area contributed by atoms with E-state index in [1.54, 1.807) is 18.3 Å². The smallest absolute Gasteiger partial charge is 0.248 e. The van der Waals surface area contributed by atoms with Crippen LogP contribution < -0.4 is 10.6 Å². The van der Waals surface area contributed by atoms with Gasteiger partial charge in [0.15, 0.2) is 16.9 Å². The van der Waals surface area contributed by atoms with E-state index in [9.17, 15) is 0 Å². The number of nitrogens with two attached hydrogens (primary N) is 1. The average molecular weight is 435 g/mol. The number of rotatable bonds is 3. The van der Waals surface area contributed by atoms with Gasteiger partial charge in [-0.25, -0.2) is 9.98 Å². The van der Waals surface area contributed by atoms with Crippen molar-refractivity contribution in [2.45, 2.75) is 13.5 Å². The molecule has 22 heavy (non-hydrogen) atoms. The summed E-state index contributed by atoms with van der Waals surface area (Å²) in [5.41, 5.74) is 6.02. The molecule has 3 rings (SSSR count). The monoisotopic (exact) mass is 435 g/mol. The number of anilines is 1. The van der Waals surface area contributed by atoms with Gasteiger partial charge in [0.2, 0.25) is 5.89 Å². The topological polar surface area (TPSA) is 96.7 Å². The molecule has 2 N–H and O–H groups in total. The van der Waals surface area contributed by atoms with Crippen molar-refractivity contribution in [3.63, 3.8) is 0 Å². The molecule has 0 aliphatic carbocycles. The normalized spacial score (nSPS) is 15.8. The van der Waals surface area contributed by atoms with Gasteiger partial charge in [0, 0.05) is 37.8 Å². The van der Waals surface area contributed by atoms with Gasteiger partial charge >= 0.3 is 0 Å². The van der Waals surface area contributed by atoms with E-state index in [0.29, 0.717) is 24.2 Å². The molecule has 120 valence electrons. The molecule has 0 bridgehead atoms. The van der Waals surface area contributed by atoms with E-state index >= 15 is 0 Å². The van der Waals surface area contributed by atoms with Crippen molar-refractivity contribution < 1.29 is 4.52 Å². The molecule has 1 aliphatic heterocycles. The van der Waals surface area contributed by atoms with Crippen LogP contribution in [0.4, 0.5) is 5.13 Å². The van der Waals surface area contributed by atoms with Gasteiger partial charge < -0.3 is 20.1 Å². The van der Waals surface area contributed by atoms with Crippen molar-refractivity contribution in [2.75, 3.05) is 31.1 Å². The molecule has 3 heterocycles. The molecule has 2 aromatic rings. The fourth-order valence-corrected chi connectivity index (χ4v) is 2.85. The Kier molecular flexibility index (Phi) is 5.94. The van der Waals surface area contributed by atoms with Crippen molar-refractivity contribution in [3.05, 3.63) is 23.3 Å². The Balaban J connectivity index is 0.00000176. The summed E-state index contributed by atoms with van der Waals surface area (Å²) in [6, 6.07) is 0. The van der Waals surface area contributed by atoms with Crippen LogP contribution in [0.2, 0.25) is 0 Å². The lowest BCUT2D eigenvalue weighted by molar-refractivity contribution is 0.368. The lowest BCUT2D eigenvalue weighted by Crippen LogP contribution is -2.51. The Hall–Kier alpha value is -1.43. The number of piperazine rings is 1. The summed E-state index contributed by atoms with van der Waals surface area (Å²) < 4.78 is 5.01. The molecule has 0 spiro atoms. The highest BCUT2D eigenvalue weighted by Crippen LogP contribution is 2.18. The number of hydrogen-bond donors (Lipinski definition) is 1. The number of halogens is 1. The fraction of sp³-hybridized carbons (Fsp3) is 0.500. The van der Waals surface area contributed by atoms with Crippen LogP contribution in [0.25, 0.3) is 0 Å². The fourth-order valence-electron chi connectivity index (χ4n) is 2.15. The van der Waals surface area contributed by atoms with Crippen LogP contribution in [0, 0.1) is 6.92 Å². The number of thiazole rings is 1. The summed E-state index contributed by atoms with van der Waals surface area (Å²) in [5, 5.41) is 6.77. The highest BCUT2D eigenvalue weighted by Gasteiger charge is 2.19. The summed E-state index contributed by atoms with van der Waals surface area (Å²) in [6.45, 7) is 5.54. The van der Waals surface area contributed by atoms with Crippen molar-refractivity contribution in [3.8, 4) is 0 Å². The quantitative estimate of drug-likeness (QED) is 0.438. The van der Waals surface area contributed by atoms with Gasteiger partial charge in [-0.05, 0) is 6.92 Å². The summed E-state index contributed by atoms with van der Waals surface area (Å²) in [7, 11) is 0. The minimum Gasteiger partial charge on any atom is -0.370 e. The second-order valence-electron chi connectivity index (χ2n) is 4.70. The first-order valence-corrected chi connectivity index (χ1v) is 7.59. The highest BCUT2D eigenvalue weighted by molar-refractivity contribution is 14.0. The first kappa shape index (κ1) is 16.9. The van der Waals surface area contributed by atoms with E-state index in [4.69, 9.17) is 10.3 Å². The van der Waals surface area contributed by atoms with E-state index in [1.807, 2.05) is 11.6 Å². The van der Waals surface area contributed by atoms with E-state index < -0.39 is 0 Å². The number of aliphatic imine (C=N–C) groups is 1. The molecule has 10 heteroatoms. The van der Waals surface area contributed by atoms with Gasteiger partial charge in [0.1, 0.15) is 6.54 Å². The second-order valence-corrected chi connectivity index (χ2v) is 5.57. The zero-order chi connectivity index (χ0) is 14.7. The third-order valence-electron chi connectivity index (χ3n) is 3.24. The number of aryl methyl sites for hydroxylation is 1. The maximum absolute atomic E-state index is 6.02. The van der Waals surface area contributed by atoms with Crippen LogP contribution in [-0.4, -0.2) is 52.2 Å². The molecule has 8 nitrogen and oxygen atoms in total. The molecular weight excluding hydrogens is 417 g/mol. The zero-order valence-corrected chi connectivity index (χ0v) is 15.3. The van der Waals surface area contributed by atoms with Crippen LogP contribution >= 0.6 is 35.3 Å². The lowest BCUT2D eigenvalue weighted by atomic mass is 10.3. The zero-order valence-electron chi connectivity index (χ0n) is 12.2. The molecule has 0 unspecified atom stereocenters. The maximum Gasteiger partial charge on any atom is 0.248 e. The number of nitrogens with zero attached hydrogens (tertiary/aromatic N) is 6. The summed E-state index contributed by atoms with van der Waals surface area (Å²) >= 11 is 1.66. The van der Waals surface area contributed by atoms with E-state index in [0.717, 1.165) is 31.3 Å². The summed E-state index contributed by atoms with van der Waals surface area (Å²) in [5.74, 6) is 1.61. The van der Waals surface area contributed by atoms with Crippen molar-refractivity contribution in [2.24, 2.45) is 10.7 Å². The molecule has 0 aromatic carbocycles. The molecule has 1 saturated heterocycles. The third-order valence-corrected chi connectivity index (χ3v) is 4.07. The van der Waals surface area contributed by atoms with Crippen LogP contribution in [0.15, 0.2) is 21.1 Å². The largest absolute Gasteiger partial charge is 0.370 e. The molecule has 0 atom stereocenters. The Labute approximate surface area is 149 Å². The third kappa shape index (κ3) is 4.06. The molecule has 0 amide bonds. The van der Waals surface area contributed by atoms with Crippen molar-refractivity contribution in [1.82, 2.24) is 20.0 Å². The van der Waals surface area contributed by atoms with E-state index in [2.05, 4.69) is 29.9 Å². The molecule has 2 aromatic heterocycles. The van der Waals surface area contributed by atoms with Gasteiger partial charge in [-0.3, -0.25) is 0 Å². The average Bonchev–Trinajstić information content (AvgIpc) is 3.16. The first-order chi connectivity index (χ1) is 10.2. The highest BCUT2D eigenvalue weighted by atomic mass is 127. The molecule has 1 fully saturated rings. The summed E-state index contributed by atoms with van der Waals surface area (Å²) in [4.78, 5) is 17.1. The van der Waals surface area contributed by atoms with Crippen molar-refractivity contribution >= 4 is 46.4 Å². The van der Waals surface area contributed by atoms with E-state index in [-0.39, 0.29) is 24.0 Å². The molecule has 0 radical (unpaired) electrons. The van der Waals surface area contributed by atoms with Crippen LogP contribution in [0.3, 0.4) is 0 Å². The summed E-state index contributed by atoms with van der Waals surface area (Å²) in [6.07, 6.45) is 1.83. The van der Waals surface area contributed by atoms with Crippen LogP contribution in [-0.2, 0) is 6.54 Å². The van der Waals surface area contributed by atoms with Gasteiger partial charge in [0.25, 0.3) is 0 Å². The molecule has 0 saturated carbocycles. The molecular formula is C12H18IN7OS. The Morgan fingerprint density at radius 2 is 2.18 bits per heavy atom. The second kappa shape index (κ2) is 7.72. The van der Waals surface area contributed by atoms with Crippen LogP contribution in [0.5, 0.6) is 0 Å². The molecule has 1 aliphatic rings. The first-order valence-electron chi connectivity index (χ1n) is 6.71. The Bertz CT molecular complexity index is 607. The van der Waals surface area contributed by atoms with Crippen LogP contribution in [0.1, 0.15) is 11.7 Å². The minimum atomic E-state index is 0. The SMILES string of the molecule is Cc1noc(CN=C(N)N2CCN(c3nccs3)CC2)n1.I. The number of aromatic nitrogens is 3. The predicted octanol–water partition coefficient (Wildman–Crippen LogP) is 1.09. The van der Waals surface area contributed by atoms with Gasteiger partial charge in [-0.2, -0.15) is 4.98 Å². The standard InChI is InChI=1S/C12H17N7OS.HI/c1-9-16-10(20-17-9)8-15-11(13)18-3-5-19(6-4-18)12-14-2-7-21-12;/h2,7H,3-6,8H2,1H3,(H2,13,15);1H.